The molecule has 0 amide bonds. The van der Waals surface area contributed by atoms with Crippen LogP contribution in [0.15, 0.2) is 91.0 Å². The van der Waals surface area contributed by atoms with Crippen molar-refractivity contribution < 1.29 is 18.9 Å². The van der Waals surface area contributed by atoms with Gasteiger partial charge in [0.15, 0.2) is 0 Å². The Morgan fingerprint density at radius 3 is 1.61 bits per heavy atom. The maximum absolute atomic E-state index is 5.37. The van der Waals surface area contributed by atoms with Crippen LogP contribution in [0.3, 0.4) is 0 Å². The number of hydrogen-bond donors (Lipinski definition) is 0. The summed E-state index contributed by atoms with van der Waals surface area (Å²) in [5.74, 6) is 0. The van der Waals surface area contributed by atoms with Crippen LogP contribution in [0, 0.1) is 6.92 Å². The van der Waals surface area contributed by atoms with Crippen molar-refractivity contribution in [1.29, 1.82) is 0 Å². The molecule has 0 heterocycles. The van der Waals surface area contributed by atoms with E-state index < -0.39 is 18.9 Å². The van der Waals surface area contributed by atoms with Gasteiger partial charge < -0.3 is 0 Å². The van der Waals surface area contributed by atoms with E-state index in [4.69, 9.17) is 17.0 Å². The molecule has 5 aromatic carbocycles. The van der Waals surface area contributed by atoms with Crippen LogP contribution in [0.1, 0.15) is 12.5 Å². The minimum absolute atomic E-state index is 1.34. The Morgan fingerprint density at radius 2 is 1.14 bits per heavy atom. The second kappa shape index (κ2) is 10.3. The van der Waals surface area contributed by atoms with Crippen LogP contribution in [-0.2, 0) is 18.9 Å². The monoisotopic (exact) mass is 482 g/mol. The molecule has 0 radical (unpaired) electrons. The zero-order valence-corrected chi connectivity index (χ0v) is 20.0. The van der Waals surface area contributed by atoms with Crippen LogP contribution in [0.2, 0.25) is 0 Å². The molecule has 0 saturated carbocycles. The molecule has 142 valence electrons. The minimum atomic E-state index is -1.76. The molecule has 0 atom stereocenters. The third-order valence-electron chi connectivity index (χ3n) is 4.64. The molecule has 0 aromatic heterocycles. The Bertz CT molecular complexity index is 1160. The van der Waals surface area contributed by atoms with Crippen molar-refractivity contribution >= 4 is 53.1 Å². The van der Waals surface area contributed by atoms with Crippen molar-refractivity contribution in [3.63, 3.8) is 0 Å². The van der Waals surface area contributed by atoms with Crippen LogP contribution in [-0.4, -0.2) is 3.71 Å². The molecular formula is C25H22Cl2Zr-2. The second-order valence-electron chi connectivity index (χ2n) is 6.50. The van der Waals surface area contributed by atoms with Crippen LogP contribution >= 0.6 is 17.0 Å². The predicted octanol–water partition coefficient (Wildman–Crippen LogP) is 8.31. The Hall–Kier alpha value is -1.53. The number of aryl methyl sites for hydroxylation is 1. The third-order valence-corrected chi connectivity index (χ3v) is 8.29. The first-order chi connectivity index (χ1) is 13.6. The van der Waals surface area contributed by atoms with Gasteiger partial charge in [-0.2, -0.15) is 11.6 Å². The first kappa shape index (κ1) is 21.2. The van der Waals surface area contributed by atoms with Crippen molar-refractivity contribution in [3.8, 4) is 0 Å². The maximum atomic E-state index is 5.37. The molecule has 0 aliphatic rings. The third kappa shape index (κ3) is 5.29. The minimum Gasteiger partial charge on any atom is -0.156 e. The van der Waals surface area contributed by atoms with Gasteiger partial charge in [-0.1, -0.05) is 49.4 Å². The van der Waals surface area contributed by atoms with Gasteiger partial charge in [-0.3, -0.25) is 0 Å². The molecule has 3 heteroatoms. The van der Waals surface area contributed by atoms with Crippen LogP contribution in [0.5, 0.6) is 0 Å². The molecule has 28 heavy (non-hydrogen) atoms. The van der Waals surface area contributed by atoms with Crippen LogP contribution in [0.4, 0.5) is 0 Å². The number of rotatable bonds is 0. The average Bonchev–Trinajstić information content (AvgIpc) is 3.30. The second-order valence-corrected chi connectivity index (χ2v) is 15.3. The first-order valence-corrected chi connectivity index (χ1v) is 17.0. The van der Waals surface area contributed by atoms with Crippen LogP contribution in [0.25, 0.3) is 32.3 Å². The number of hydrogen-bond acceptors (Lipinski definition) is 0. The molecule has 0 N–H and O–H groups in total. The summed E-state index contributed by atoms with van der Waals surface area (Å²) in [4.78, 5) is 0. The van der Waals surface area contributed by atoms with Gasteiger partial charge in [0.1, 0.15) is 0 Å². The van der Waals surface area contributed by atoms with Crippen molar-refractivity contribution in [3.05, 3.63) is 96.6 Å². The van der Waals surface area contributed by atoms with Gasteiger partial charge in [-0.15, -0.1) is 74.8 Å². The van der Waals surface area contributed by atoms with E-state index in [0.717, 1.165) is 0 Å². The van der Waals surface area contributed by atoms with Crippen molar-refractivity contribution in [2.24, 2.45) is 0 Å². The van der Waals surface area contributed by atoms with E-state index in [9.17, 15) is 0 Å². The van der Waals surface area contributed by atoms with Gasteiger partial charge in [0.2, 0.25) is 0 Å². The largest absolute Gasteiger partial charge is 0.156 e. The maximum Gasteiger partial charge on any atom is -0.0771 e. The van der Waals surface area contributed by atoms with Gasteiger partial charge in [-0.25, -0.2) is 0 Å². The van der Waals surface area contributed by atoms with Crippen LogP contribution < -0.4 is 0 Å². The molecular weight excluding hydrogens is 462 g/mol. The molecule has 5 rings (SSSR count). The van der Waals surface area contributed by atoms with Crippen molar-refractivity contribution in [2.75, 3.05) is 0 Å². The van der Waals surface area contributed by atoms with Gasteiger partial charge >= 0.3 is 46.5 Å². The quantitative estimate of drug-likeness (QED) is 0.194. The predicted molar refractivity (Wildman–Crippen MR) is 125 cm³/mol. The summed E-state index contributed by atoms with van der Waals surface area (Å²) in [6.45, 7) is 4.04. The Kier molecular flexibility index (Phi) is 7.80. The summed E-state index contributed by atoms with van der Waals surface area (Å²) in [7, 11) is 10.7. The Morgan fingerprint density at radius 1 is 0.714 bits per heavy atom. The number of halogens is 2. The number of benzene rings is 3. The van der Waals surface area contributed by atoms with Gasteiger partial charge in [0.25, 0.3) is 0 Å². The molecule has 0 aliphatic carbocycles. The molecule has 0 fully saturated rings. The summed E-state index contributed by atoms with van der Waals surface area (Å²) in [5, 5.41) is 8.12. The molecule has 0 nitrogen and oxygen atoms in total. The van der Waals surface area contributed by atoms with Crippen molar-refractivity contribution in [2.45, 2.75) is 13.8 Å². The fraction of sp³-hybridized carbons (Fsp3) is 0.0800. The summed E-state index contributed by atoms with van der Waals surface area (Å²) in [5.41, 5.74) is 1.37. The SMILES string of the molecule is C[CH]=[Zr]([Cl])[Cl].Cc1c[cH-]c2ccccc12.c1ccc2c(c1)[cH-]c1ccccc12. The molecule has 0 bridgehead atoms. The van der Waals surface area contributed by atoms with E-state index in [1.54, 1.807) is 0 Å². The first-order valence-electron chi connectivity index (χ1n) is 9.21. The topological polar surface area (TPSA) is 0 Å². The average molecular weight is 485 g/mol. The zero-order valence-electron chi connectivity index (χ0n) is 16.0. The Balaban J connectivity index is 0.000000134. The van der Waals surface area contributed by atoms with E-state index in [1.165, 1.54) is 37.9 Å². The summed E-state index contributed by atoms with van der Waals surface area (Å²) in [6.07, 6.45) is 0. The van der Waals surface area contributed by atoms with Gasteiger partial charge in [-0.05, 0) is 0 Å². The Labute approximate surface area is 181 Å². The number of fused-ring (bicyclic) bond motifs is 4. The molecule has 0 aliphatic heterocycles. The zero-order chi connectivity index (χ0) is 19.9. The standard InChI is InChI=1S/C13H9.C10H9.C2H4.2ClH.Zr/c1-3-7-12-10(5-1)9-11-6-2-4-8-13(11)12;1-8-6-7-9-4-2-3-5-10(8)9;1-2;;;/h1-9H;2-7H,1H3;1H,2H3;2*1H;/q2*-1;;;;+2/p-2. The van der Waals surface area contributed by atoms with E-state index in [0.29, 0.717) is 0 Å². The van der Waals surface area contributed by atoms with Crippen molar-refractivity contribution in [1.82, 2.24) is 0 Å². The smallest absolute Gasteiger partial charge is 0.0771 e. The fourth-order valence-corrected chi connectivity index (χ4v) is 3.21. The van der Waals surface area contributed by atoms with E-state index in [-0.39, 0.29) is 0 Å². The van der Waals surface area contributed by atoms with E-state index in [1.807, 2.05) is 10.6 Å². The normalized spacial score (nSPS) is 10.1. The van der Waals surface area contributed by atoms with Gasteiger partial charge in [0, 0.05) is 0 Å². The van der Waals surface area contributed by atoms with E-state index in [2.05, 4.69) is 97.9 Å². The van der Waals surface area contributed by atoms with Gasteiger partial charge in [0.05, 0.1) is 0 Å². The summed E-state index contributed by atoms with van der Waals surface area (Å²) >= 11 is -1.76. The molecule has 5 aromatic rings. The molecule has 0 saturated heterocycles. The fourth-order valence-electron chi connectivity index (χ4n) is 3.21. The van der Waals surface area contributed by atoms with E-state index >= 15 is 0 Å². The molecule has 0 spiro atoms. The summed E-state index contributed by atoms with van der Waals surface area (Å²) in [6, 6.07) is 32.0. The molecule has 0 unspecified atom stereocenters. The summed E-state index contributed by atoms with van der Waals surface area (Å²) < 4.78 is 1.89.